The number of hydrogen-bond acceptors (Lipinski definition) is 2. The monoisotopic (exact) mass is 273 g/mol. The van der Waals surface area contributed by atoms with Crippen molar-refractivity contribution in [2.75, 3.05) is 0 Å². The molecule has 1 aromatic heterocycles. The van der Waals surface area contributed by atoms with Gasteiger partial charge in [0.05, 0.1) is 6.54 Å². The van der Waals surface area contributed by atoms with Crippen molar-refractivity contribution in [1.82, 2.24) is 15.1 Å². The summed E-state index contributed by atoms with van der Waals surface area (Å²) in [5, 5.41) is 7.91. The summed E-state index contributed by atoms with van der Waals surface area (Å²) in [4.78, 5) is 0. The number of nitrogens with one attached hydrogen (secondary N) is 1. The van der Waals surface area contributed by atoms with Crippen LogP contribution in [0.4, 0.5) is 4.39 Å². The topological polar surface area (TPSA) is 29.9 Å². The highest BCUT2D eigenvalue weighted by molar-refractivity contribution is 5.22. The van der Waals surface area contributed by atoms with Gasteiger partial charge < -0.3 is 5.32 Å². The molecule has 106 valence electrons. The van der Waals surface area contributed by atoms with E-state index in [1.165, 1.54) is 18.4 Å². The van der Waals surface area contributed by atoms with E-state index in [-0.39, 0.29) is 5.82 Å². The van der Waals surface area contributed by atoms with Crippen LogP contribution in [0.3, 0.4) is 0 Å². The lowest BCUT2D eigenvalue weighted by Crippen LogP contribution is -2.35. The maximum absolute atomic E-state index is 13.0. The van der Waals surface area contributed by atoms with E-state index in [1.807, 2.05) is 29.1 Å². The first-order valence-electron chi connectivity index (χ1n) is 7.21. The Morgan fingerprint density at radius 2 is 2.10 bits per heavy atom. The second-order valence-corrected chi connectivity index (χ2v) is 5.66. The van der Waals surface area contributed by atoms with Crippen molar-refractivity contribution >= 4 is 0 Å². The molecule has 0 amide bonds. The van der Waals surface area contributed by atoms with Crippen LogP contribution in [0.5, 0.6) is 0 Å². The van der Waals surface area contributed by atoms with Crippen LogP contribution < -0.4 is 5.32 Å². The van der Waals surface area contributed by atoms with Crippen LogP contribution in [0.15, 0.2) is 42.7 Å². The minimum Gasteiger partial charge on any atom is -0.305 e. The van der Waals surface area contributed by atoms with E-state index in [1.54, 1.807) is 18.3 Å². The summed E-state index contributed by atoms with van der Waals surface area (Å²) in [5.74, 6) is 0.508. The zero-order valence-corrected chi connectivity index (χ0v) is 11.7. The second kappa shape index (κ2) is 5.75. The normalized spacial score (nSPS) is 17.9. The van der Waals surface area contributed by atoms with Crippen LogP contribution in [-0.2, 0) is 6.54 Å². The molecule has 1 N–H and O–H groups in total. The third-order valence-corrected chi connectivity index (χ3v) is 3.81. The van der Waals surface area contributed by atoms with Crippen molar-refractivity contribution in [3.63, 3.8) is 0 Å². The van der Waals surface area contributed by atoms with Crippen molar-refractivity contribution in [2.24, 2.45) is 5.92 Å². The van der Waals surface area contributed by atoms with Gasteiger partial charge in [-0.1, -0.05) is 12.1 Å². The minimum atomic E-state index is -0.173. The van der Waals surface area contributed by atoms with Crippen LogP contribution >= 0.6 is 0 Å². The van der Waals surface area contributed by atoms with E-state index in [4.69, 9.17) is 0 Å². The number of hydrogen-bond donors (Lipinski definition) is 1. The van der Waals surface area contributed by atoms with E-state index in [0.717, 1.165) is 6.54 Å². The van der Waals surface area contributed by atoms with Crippen molar-refractivity contribution < 1.29 is 4.39 Å². The number of nitrogens with zero attached hydrogens (tertiary/aromatic N) is 2. The summed E-state index contributed by atoms with van der Waals surface area (Å²) < 4.78 is 15.0. The zero-order chi connectivity index (χ0) is 13.9. The molecular weight excluding hydrogens is 253 g/mol. The molecule has 0 bridgehead atoms. The average Bonchev–Trinajstić information content (AvgIpc) is 3.16. The molecule has 3 rings (SSSR count). The third-order valence-electron chi connectivity index (χ3n) is 3.81. The lowest BCUT2D eigenvalue weighted by Gasteiger charge is -2.24. The Kier molecular flexibility index (Phi) is 3.83. The zero-order valence-electron chi connectivity index (χ0n) is 11.7. The Bertz CT molecular complexity index is 531. The molecule has 0 saturated heterocycles. The van der Waals surface area contributed by atoms with Crippen molar-refractivity contribution in [3.05, 3.63) is 54.1 Å². The molecule has 1 aromatic carbocycles. The molecule has 2 unspecified atom stereocenters. The molecule has 1 saturated carbocycles. The maximum atomic E-state index is 13.0. The Balaban J connectivity index is 1.66. The van der Waals surface area contributed by atoms with Gasteiger partial charge in [0.15, 0.2) is 0 Å². The van der Waals surface area contributed by atoms with Crippen molar-refractivity contribution in [2.45, 2.75) is 38.4 Å². The first-order valence-corrected chi connectivity index (χ1v) is 7.21. The van der Waals surface area contributed by atoms with Crippen molar-refractivity contribution in [1.29, 1.82) is 0 Å². The number of aromatic nitrogens is 2. The summed E-state index contributed by atoms with van der Waals surface area (Å²) in [5.41, 5.74) is 1.18. The van der Waals surface area contributed by atoms with Gasteiger partial charge in [-0.25, -0.2) is 4.39 Å². The molecule has 2 aromatic rings. The Morgan fingerprint density at radius 3 is 2.70 bits per heavy atom. The lowest BCUT2D eigenvalue weighted by molar-refractivity contribution is 0.375. The number of rotatable bonds is 6. The maximum Gasteiger partial charge on any atom is 0.123 e. The molecule has 0 aliphatic heterocycles. The molecule has 1 fully saturated rings. The summed E-state index contributed by atoms with van der Waals surface area (Å²) in [6.45, 7) is 3.01. The standard InChI is InChI=1S/C16H20FN3/c1-12(11-20-10-2-9-18-20)19-16(13-3-4-13)14-5-7-15(17)8-6-14/h2,5-10,12-13,16,19H,3-4,11H2,1H3. The van der Waals surface area contributed by atoms with Gasteiger partial charge in [-0.05, 0) is 49.4 Å². The van der Waals surface area contributed by atoms with Gasteiger partial charge in [0.2, 0.25) is 0 Å². The van der Waals surface area contributed by atoms with Gasteiger partial charge in [0.25, 0.3) is 0 Å². The van der Waals surface area contributed by atoms with Gasteiger partial charge in [0.1, 0.15) is 5.82 Å². The smallest absolute Gasteiger partial charge is 0.123 e. The first kappa shape index (κ1) is 13.3. The molecule has 4 heteroatoms. The third kappa shape index (κ3) is 3.25. The molecule has 0 spiro atoms. The summed E-state index contributed by atoms with van der Waals surface area (Å²) >= 11 is 0. The SMILES string of the molecule is CC(Cn1cccn1)NC(c1ccc(F)cc1)C1CC1. The lowest BCUT2D eigenvalue weighted by atomic mass is 10.0. The highest BCUT2D eigenvalue weighted by Crippen LogP contribution is 2.41. The van der Waals surface area contributed by atoms with E-state index < -0.39 is 0 Å². The van der Waals surface area contributed by atoms with E-state index >= 15 is 0 Å². The predicted octanol–water partition coefficient (Wildman–Crippen LogP) is 3.15. The van der Waals surface area contributed by atoms with Crippen LogP contribution in [0, 0.1) is 11.7 Å². The number of halogens is 1. The van der Waals surface area contributed by atoms with Crippen molar-refractivity contribution in [3.8, 4) is 0 Å². The Hall–Kier alpha value is -1.68. The number of benzene rings is 1. The highest BCUT2D eigenvalue weighted by atomic mass is 19.1. The summed E-state index contributed by atoms with van der Waals surface area (Å²) in [7, 11) is 0. The summed E-state index contributed by atoms with van der Waals surface area (Å²) in [6.07, 6.45) is 6.28. The fourth-order valence-electron chi connectivity index (χ4n) is 2.65. The Labute approximate surface area is 118 Å². The fourth-order valence-corrected chi connectivity index (χ4v) is 2.65. The molecule has 20 heavy (non-hydrogen) atoms. The Morgan fingerprint density at radius 1 is 1.35 bits per heavy atom. The van der Waals surface area contributed by atoms with Gasteiger partial charge in [0, 0.05) is 24.5 Å². The van der Waals surface area contributed by atoms with E-state index in [0.29, 0.717) is 18.0 Å². The first-order chi connectivity index (χ1) is 9.72. The predicted molar refractivity (Wildman–Crippen MR) is 76.7 cm³/mol. The van der Waals surface area contributed by atoms with Gasteiger partial charge >= 0.3 is 0 Å². The molecule has 3 nitrogen and oxygen atoms in total. The van der Waals surface area contributed by atoms with E-state index in [2.05, 4.69) is 17.3 Å². The average molecular weight is 273 g/mol. The molecular formula is C16H20FN3. The summed E-state index contributed by atoms with van der Waals surface area (Å²) in [6, 6.07) is 9.46. The van der Waals surface area contributed by atoms with Crippen LogP contribution in [0.2, 0.25) is 0 Å². The molecule has 1 aliphatic rings. The molecule has 1 aliphatic carbocycles. The molecule has 0 radical (unpaired) electrons. The highest BCUT2D eigenvalue weighted by Gasteiger charge is 2.32. The van der Waals surface area contributed by atoms with E-state index in [9.17, 15) is 4.39 Å². The van der Waals surface area contributed by atoms with Crippen LogP contribution in [0.1, 0.15) is 31.4 Å². The fraction of sp³-hybridized carbons (Fsp3) is 0.438. The van der Waals surface area contributed by atoms with Crippen LogP contribution in [0.25, 0.3) is 0 Å². The van der Waals surface area contributed by atoms with Gasteiger partial charge in [-0.15, -0.1) is 0 Å². The molecule has 1 heterocycles. The minimum absolute atomic E-state index is 0.173. The largest absolute Gasteiger partial charge is 0.305 e. The van der Waals surface area contributed by atoms with Gasteiger partial charge in [-0.3, -0.25) is 4.68 Å². The quantitative estimate of drug-likeness (QED) is 0.876. The second-order valence-electron chi connectivity index (χ2n) is 5.66. The van der Waals surface area contributed by atoms with Gasteiger partial charge in [-0.2, -0.15) is 5.10 Å². The van der Waals surface area contributed by atoms with Crippen LogP contribution in [-0.4, -0.2) is 15.8 Å². The molecule has 2 atom stereocenters.